The molecule has 1 atom stereocenters. The lowest BCUT2D eigenvalue weighted by molar-refractivity contribution is 0.168. The van der Waals surface area contributed by atoms with Crippen LogP contribution in [-0.2, 0) is 11.3 Å². The van der Waals surface area contributed by atoms with E-state index in [2.05, 4.69) is 30.6 Å². The topological polar surface area (TPSA) is 65.1 Å². The van der Waals surface area contributed by atoms with Gasteiger partial charge in [-0.05, 0) is 28.8 Å². The number of methoxy groups -OCH3 is 1. The van der Waals surface area contributed by atoms with Crippen LogP contribution in [0.2, 0.25) is 0 Å². The van der Waals surface area contributed by atoms with Crippen molar-refractivity contribution in [1.29, 1.82) is 0 Å². The monoisotopic (exact) mass is 340 g/mol. The van der Waals surface area contributed by atoms with Crippen molar-refractivity contribution in [3.8, 4) is 0 Å². The van der Waals surface area contributed by atoms with Gasteiger partial charge in [0.2, 0.25) is 0 Å². The normalized spacial score (nSPS) is 16.6. The molecule has 2 aromatic rings. The quantitative estimate of drug-likeness (QED) is 0.872. The molecule has 2 aromatic heterocycles. The largest absolute Gasteiger partial charge is 0.383 e. The minimum atomic E-state index is -0.744. The Morgan fingerprint density at radius 1 is 1.50 bits per heavy atom. The maximum atomic E-state index is 10.7. The highest BCUT2D eigenvalue weighted by molar-refractivity contribution is 9.10. The van der Waals surface area contributed by atoms with Crippen molar-refractivity contribution in [2.75, 3.05) is 13.7 Å². The fourth-order valence-electron chi connectivity index (χ4n) is 2.32. The van der Waals surface area contributed by atoms with Gasteiger partial charge in [-0.1, -0.05) is 0 Å². The highest BCUT2D eigenvalue weighted by Crippen LogP contribution is 2.38. The second kappa shape index (κ2) is 5.67. The Morgan fingerprint density at radius 2 is 2.30 bits per heavy atom. The van der Waals surface area contributed by atoms with E-state index in [0.717, 1.165) is 28.7 Å². The van der Waals surface area contributed by atoms with Crippen LogP contribution in [0.5, 0.6) is 0 Å². The first-order valence-electron chi connectivity index (χ1n) is 6.62. The highest BCUT2D eigenvalue weighted by atomic mass is 79.9. The molecular formula is C13H17BrN4O2. The standard InChI is InChI=1S/C13H17BrN4O2/c1-20-5-4-18-12(10(14)6-16-18)13(19)11-7-15-8-17(11)9-2-3-9/h6-9,13,19H,2-5H2,1H3. The Bertz CT molecular complexity index is 591. The Morgan fingerprint density at radius 3 is 3.00 bits per heavy atom. The molecule has 0 radical (unpaired) electrons. The molecule has 0 aromatic carbocycles. The summed E-state index contributed by atoms with van der Waals surface area (Å²) in [6.45, 7) is 1.15. The third-order valence-corrected chi connectivity index (χ3v) is 4.13. The van der Waals surface area contributed by atoms with Gasteiger partial charge in [-0.2, -0.15) is 5.10 Å². The number of aromatic nitrogens is 4. The van der Waals surface area contributed by atoms with Crippen molar-refractivity contribution in [3.05, 3.63) is 34.6 Å². The minimum absolute atomic E-state index is 0.483. The number of nitrogens with zero attached hydrogens (tertiary/aromatic N) is 4. The number of aliphatic hydroxyl groups is 1. The molecule has 1 unspecified atom stereocenters. The summed E-state index contributed by atoms with van der Waals surface area (Å²) >= 11 is 3.46. The maximum Gasteiger partial charge on any atom is 0.138 e. The first kappa shape index (κ1) is 13.8. The minimum Gasteiger partial charge on any atom is -0.383 e. The number of hydrogen-bond donors (Lipinski definition) is 1. The van der Waals surface area contributed by atoms with E-state index >= 15 is 0 Å². The van der Waals surface area contributed by atoms with Crippen LogP contribution in [0, 0.1) is 0 Å². The smallest absolute Gasteiger partial charge is 0.138 e. The van der Waals surface area contributed by atoms with Gasteiger partial charge in [-0.3, -0.25) is 4.68 Å². The zero-order valence-electron chi connectivity index (χ0n) is 11.2. The van der Waals surface area contributed by atoms with Crippen molar-refractivity contribution in [2.24, 2.45) is 0 Å². The first-order chi connectivity index (χ1) is 9.72. The summed E-state index contributed by atoms with van der Waals surface area (Å²) in [6, 6.07) is 0.483. The van der Waals surface area contributed by atoms with Crippen LogP contribution in [0.25, 0.3) is 0 Å². The van der Waals surface area contributed by atoms with Crippen LogP contribution < -0.4 is 0 Å². The molecule has 108 valence electrons. The number of rotatable bonds is 6. The summed E-state index contributed by atoms with van der Waals surface area (Å²) < 4.78 is 9.70. The average molecular weight is 341 g/mol. The molecule has 2 heterocycles. The Hall–Kier alpha value is -1.18. The zero-order chi connectivity index (χ0) is 14.1. The van der Waals surface area contributed by atoms with E-state index in [1.807, 2.05) is 0 Å². The second-order valence-corrected chi connectivity index (χ2v) is 5.81. The molecule has 1 fully saturated rings. The summed E-state index contributed by atoms with van der Waals surface area (Å²) in [5.41, 5.74) is 1.55. The molecule has 0 bridgehead atoms. The van der Waals surface area contributed by atoms with Gasteiger partial charge in [0, 0.05) is 13.2 Å². The number of hydrogen-bond acceptors (Lipinski definition) is 4. The summed E-state index contributed by atoms with van der Waals surface area (Å²) in [7, 11) is 1.65. The van der Waals surface area contributed by atoms with Crippen molar-refractivity contribution < 1.29 is 9.84 Å². The van der Waals surface area contributed by atoms with Gasteiger partial charge in [0.1, 0.15) is 6.10 Å². The van der Waals surface area contributed by atoms with E-state index in [4.69, 9.17) is 4.74 Å². The molecular weight excluding hydrogens is 324 g/mol. The molecule has 6 nitrogen and oxygen atoms in total. The molecule has 20 heavy (non-hydrogen) atoms. The van der Waals surface area contributed by atoms with Crippen molar-refractivity contribution in [2.45, 2.75) is 31.5 Å². The van der Waals surface area contributed by atoms with Crippen LogP contribution in [0.15, 0.2) is 23.2 Å². The lowest BCUT2D eigenvalue weighted by Gasteiger charge is -2.16. The van der Waals surface area contributed by atoms with Crippen LogP contribution >= 0.6 is 15.9 Å². The van der Waals surface area contributed by atoms with E-state index in [9.17, 15) is 5.11 Å². The molecule has 0 aliphatic heterocycles. The van der Waals surface area contributed by atoms with Gasteiger partial charge in [-0.25, -0.2) is 4.98 Å². The lowest BCUT2D eigenvalue weighted by Crippen LogP contribution is -2.15. The highest BCUT2D eigenvalue weighted by Gasteiger charge is 2.29. The number of halogens is 1. The molecule has 1 N–H and O–H groups in total. The van der Waals surface area contributed by atoms with E-state index in [0.29, 0.717) is 19.2 Å². The number of ether oxygens (including phenoxy) is 1. The Labute approximate surface area is 125 Å². The molecule has 1 aliphatic rings. The van der Waals surface area contributed by atoms with E-state index in [-0.39, 0.29) is 0 Å². The van der Waals surface area contributed by atoms with Gasteiger partial charge >= 0.3 is 0 Å². The summed E-state index contributed by atoms with van der Waals surface area (Å²) in [5.74, 6) is 0. The molecule has 3 rings (SSSR count). The third-order valence-electron chi connectivity index (χ3n) is 3.52. The lowest BCUT2D eigenvalue weighted by atomic mass is 10.2. The van der Waals surface area contributed by atoms with Gasteiger partial charge in [0.05, 0.1) is 47.7 Å². The summed E-state index contributed by atoms with van der Waals surface area (Å²) in [4.78, 5) is 4.17. The Balaban J connectivity index is 1.91. The SMILES string of the molecule is COCCn1ncc(Br)c1C(O)c1cncn1C1CC1. The van der Waals surface area contributed by atoms with Gasteiger partial charge in [0.25, 0.3) is 0 Å². The molecule has 7 heteroatoms. The first-order valence-corrected chi connectivity index (χ1v) is 7.41. The predicted molar refractivity (Wildman–Crippen MR) is 76.4 cm³/mol. The van der Waals surface area contributed by atoms with Crippen LogP contribution in [0.1, 0.15) is 36.4 Å². The molecule has 1 aliphatic carbocycles. The fourth-order valence-corrected chi connectivity index (χ4v) is 2.84. The molecule has 0 spiro atoms. The van der Waals surface area contributed by atoms with Crippen molar-refractivity contribution in [1.82, 2.24) is 19.3 Å². The summed E-state index contributed by atoms with van der Waals surface area (Å²) in [5, 5.41) is 15.0. The molecule has 0 amide bonds. The van der Waals surface area contributed by atoms with Crippen LogP contribution in [0.3, 0.4) is 0 Å². The molecule has 0 saturated heterocycles. The van der Waals surface area contributed by atoms with Gasteiger partial charge in [-0.15, -0.1) is 0 Å². The summed E-state index contributed by atoms with van der Waals surface area (Å²) in [6.07, 6.45) is 6.78. The number of aliphatic hydroxyl groups excluding tert-OH is 1. The third kappa shape index (κ3) is 2.53. The molecule has 1 saturated carbocycles. The van der Waals surface area contributed by atoms with Crippen molar-refractivity contribution >= 4 is 15.9 Å². The van der Waals surface area contributed by atoms with E-state index < -0.39 is 6.10 Å². The van der Waals surface area contributed by atoms with Gasteiger partial charge < -0.3 is 14.4 Å². The Kier molecular flexibility index (Phi) is 3.91. The predicted octanol–water partition coefficient (Wildman–Crippen LogP) is 1.91. The number of imidazole rings is 1. The van der Waals surface area contributed by atoms with Crippen LogP contribution in [-0.4, -0.2) is 38.2 Å². The second-order valence-electron chi connectivity index (χ2n) is 4.95. The van der Waals surface area contributed by atoms with Crippen molar-refractivity contribution in [3.63, 3.8) is 0 Å². The zero-order valence-corrected chi connectivity index (χ0v) is 12.8. The maximum absolute atomic E-state index is 10.7. The van der Waals surface area contributed by atoms with E-state index in [1.54, 1.807) is 30.5 Å². The van der Waals surface area contributed by atoms with E-state index in [1.165, 1.54) is 0 Å². The fraction of sp³-hybridized carbons (Fsp3) is 0.538. The van der Waals surface area contributed by atoms with Gasteiger partial charge in [0.15, 0.2) is 0 Å². The average Bonchev–Trinajstić information content (AvgIpc) is 3.05. The van der Waals surface area contributed by atoms with Crippen LogP contribution in [0.4, 0.5) is 0 Å².